The molecule has 1 aliphatic rings. The van der Waals surface area contributed by atoms with Crippen molar-refractivity contribution in [1.82, 2.24) is 14.9 Å². The number of thioether (sulfide) groups is 1. The summed E-state index contributed by atoms with van der Waals surface area (Å²) in [6.45, 7) is 7.96. The molecule has 6 nitrogen and oxygen atoms in total. The van der Waals surface area contributed by atoms with Crippen molar-refractivity contribution >= 4 is 29.3 Å². The van der Waals surface area contributed by atoms with Gasteiger partial charge < -0.3 is 5.32 Å². The van der Waals surface area contributed by atoms with Crippen LogP contribution in [0.3, 0.4) is 0 Å². The molecule has 0 bridgehead atoms. The summed E-state index contributed by atoms with van der Waals surface area (Å²) < 4.78 is 0. The number of aryl methyl sites for hydroxylation is 3. The second-order valence-electron chi connectivity index (χ2n) is 7.79. The monoisotopic (exact) mass is 444 g/mol. The van der Waals surface area contributed by atoms with E-state index >= 15 is 0 Å². The Morgan fingerprint density at radius 1 is 0.875 bits per heavy atom. The van der Waals surface area contributed by atoms with E-state index in [1.807, 2.05) is 82.3 Å². The van der Waals surface area contributed by atoms with E-state index < -0.39 is 0 Å². The normalized spacial score (nSPS) is 13.8. The number of amides is 2. The summed E-state index contributed by atoms with van der Waals surface area (Å²) in [6.07, 6.45) is 0. The average Bonchev–Trinajstić information content (AvgIpc) is 2.96. The van der Waals surface area contributed by atoms with Gasteiger partial charge in [0.25, 0.3) is 11.8 Å². The first-order valence-electron chi connectivity index (χ1n) is 10.3. The molecule has 3 aromatic rings. The number of carbonyl (C=O) groups excluding carboxylic acids is 2. The molecule has 2 amide bonds. The number of anilines is 1. The molecule has 0 aliphatic carbocycles. The molecule has 1 aliphatic heterocycles. The van der Waals surface area contributed by atoms with Crippen LogP contribution in [0.25, 0.3) is 0 Å². The van der Waals surface area contributed by atoms with E-state index in [0.29, 0.717) is 10.1 Å². The molecule has 2 aromatic carbocycles. The predicted molar refractivity (Wildman–Crippen MR) is 126 cm³/mol. The van der Waals surface area contributed by atoms with Crippen LogP contribution in [0, 0.1) is 27.7 Å². The minimum atomic E-state index is -0.355. The Morgan fingerprint density at radius 2 is 1.56 bits per heavy atom. The molecule has 0 fully saturated rings. The number of imide groups is 1. The van der Waals surface area contributed by atoms with Gasteiger partial charge in [-0.15, -0.1) is 0 Å². The Morgan fingerprint density at radius 3 is 2.25 bits per heavy atom. The van der Waals surface area contributed by atoms with Gasteiger partial charge in [0.1, 0.15) is 10.6 Å². The van der Waals surface area contributed by atoms with E-state index in [1.165, 1.54) is 4.90 Å². The molecule has 0 radical (unpaired) electrons. The van der Waals surface area contributed by atoms with Gasteiger partial charge in [-0.05, 0) is 68.3 Å². The van der Waals surface area contributed by atoms with E-state index in [9.17, 15) is 9.59 Å². The van der Waals surface area contributed by atoms with Crippen LogP contribution in [0.2, 0.25) is 0 Å². The summed E-state index contributed by atoms with van der Waals surface area (Å²) in [5.74, 6) is -0.703. The van der Waals surface area contributed by atoms with Crippen LogP contribution in [-0.4, -0.2) is 26.7 Å². The van der Waals surface area contributed by atoms with E-state index in [1.54, 1.807) is 0 Å². The predicted octanol–water partition coefficient (Wildman–Crippen LogP) is 4.70. The summed E-state index contributed by atoms with van der Waals surface area (Å²) in [5.41, 5.74) is 5.67. The van der Waals surface area contributed by atoms with Gasteiger partial charge in [0, 0.05) is 17.1 Å². The lowest BCUT2D eigenvalue weighted by molar-refractivity contribution is -0.137. The zero-order valence-electron chi connectivity index (χ0n) is 18.5. The molecule has 1 N–H and O–H groups in total. The number of nitrogens with zero attached hydrogens (tertiary/aromatic N) is 3. The zero-order chi connectivity index (χ0) is 22.8. The third-order valence-corrected chi connectivity index (χ3v) is 6.28. The van der Waals surface area contributed by atoms with Crippen LogP contribution in [0.4, 0.5) is 5.69 Å². The highest BCUT2D eigenvalue weighted by Crippen LogP contribution is 2.36. The highest BCUT2D eigenvalue weighted by Gasteiger charge is 2.39. The fourth-order valence-electron chi connectivity index (χ4n) is 3.52. The minimum absolute atomic E-state index is 0.203. The van der Waals surface area contributed by atoms with Crippen LogP contribution < -0.4 is 5.32 Å². The Balaban J connectivity index is 1.73. The van der Waals surface area contributed by atoms with E-state index in [-0.39, 0.29) is 24.1 Å². The quantitative estimate of drug-likeness (QED) is 0.439. The lowest BCUT2D eigenvalue weighted by Crippen LogP contribution is -2.32. The molecule has 0 spiro atoms. The van der Waals surface area contributed by atoms with Crippen molar-refractivity contribution in [2.24, 2.45) is 0 Å². The van der Waals surface area contributed by atoms with E-state index in [4.69, 9.17) is 0 Å². The summed E-state index contributed by atoms with van der Waals surface area (Å²) in [7, 11) is 0. The smallest absolute Gasteiger partial charge is 0.278 e. The van der Waals surface area contributed by atoms with Crippen molar-refractivity contribution in [3.8, 4) is 0 Å². The maximum Gasteiger partial charge on any atom is 0.278 e. The van der Waals surface area contributed by atoms with Gasteiger partial charge in [-0.2, -0.15) is 0 Å². The van der Waals surface area contributed by atoms with Crippen LogP contribution in [-0.2, 0) is 16.1 Å². The second kappa shape index (κ2) is 8.96. The molecule has 0 atom stereocenters. The van der Waals surface area contributed by atoms with E-state index in [2.05, 4.69) is 15.3 Å². The third-order valence-electron chi connectivity index (χ3n) is 5.33. The van der Waals surface area contributed by atoms with Gasteiger partial charge in [-0.25, -0.2) is 9.97 Å². The number of nitrogens with one attached hydrogen (secondary N) is 1. The maximum absolute atomic E-state index is 13.4. The molecule has 32 heavy (non-hydrogen) atoms. The molecule has 4 rings (SSSR count). The first-order valence-corrected chi connectivity index (χ1v) is 11.1. The highest BCUT2D eigenvalue weighted by molar-refractivity contribution is 8.04. The largest absolute Gasteiger partial charge is 0.350 e. The summed E-state index contributed by atoms with van der Waals surface area (Å²) in [6, 6.07) is 17.2. The number of aromatic nitrogens is 2. The van der Waals surface area contributed by atoms with Crippen molar-refractivity contribution in [2.45, 2.75) is 39.4 Å². The molecular formula is C25H24N4O2S. The fourth-order valence-corrected chi connectivity index (χ4v) is 4.52. The lowest BCUT2D eigenvalue weighted by atomic mass is 10.1. The summed E-state index contributed by atoms with van der Waals surface area (Å²) in [4.78, 5) is 37.2. The number of benzene rings is 2. The number of hydrogen-bond acceptors (Lipinski definition) is 6. The van der Waals surface area contributed by atoms with Crippen LogP contribution in [0.1, 0.15) is 28.1 Å². The minimum Gasteiger partial charge on any atom is -0.350 e. The first-order chi connectivity index (χ1) is 15.3. The van der Waals surface area contributed by atoms with Crippen molar-refractivity contribution in [2.75, 3.05) is 5.32 Å². The Hall–Kier alpha value is -3.45. The van der Waals surface area contributed by atoms with Gasteiger partial charge >= 0.3 is 0 Å². The molecule has 7 heteroatoms. The van der Waals surface area contributed by atoms with Crippen LogP contribution in [0.15, 0.2) is 70.4 Å². The average molecular weight is 445 g/mol. The third kappa shape index (κ3) is 4.43. The van der Waals surface area contributed by atoms with Crippen molar-refractivity contribution in [3.05, 3.63) is 93.3 Å². The Labute approximate surface area is 191 Å². The standard InChI is InChI=1S/C25H24N4O2S/c1-15-9-8-12-20(18(15)4)28-21-22(32-25-26-16(2)13-17(3)27-25)24(31)29(23(21)30)14-19-10-6-5-7-11-19/h5-13,28H,14H2,1-4H3. The number of rotatable bonds is 6. The van der Waals surface area contributed by atoms with Gasteiger partial charge in [-0.1, -0.05) is 42.5 Å². The van der Waals surface area contributed by atoms with Gasteiger partial charge in [0.05, 0.1) is 6.54 Å². The maximum atomic E-state index is 13.4. The first kappa shape index (κ1) is 21.8. The molecule has 0 unspecified atom stereocenters. The van der Waals surface area contributed by atoms with Crippen LogP contribution in [0.5, 0.6) is 0 Å². The zero-order valence-corrected chi connectivity index (χ0v) is 19.3. The van der Waals surface area contributed by atoms with Gasteiger partial charge in [-0.3, -0.25) is 14.5 Å². The number of carbonyl (C=O) groups is 2. The summed E-state index contributed by atoms with van der Waals surface area (Å²) in [5, 5.41) is 3.68. The molecule has 0 saturated heterocycles. The number of hydrogen-bond donors (Lipinski definition) is 1. The van der Waals surface area contributed by atoms with E-state index in [0.717, 1.165) is 45.5 Å². The molecule has 1 aromatic heterocycles. The lowest BCUT2D eigenvalue weighted by Gasteiger charge is -2.16. The van der Waals surface area contributed by atoms with Gasteiger partial charge in [0.2, 0.25) is 0 Å². The molecule has 162 valence electrons. The molecule has 2 heterocycles. The SMILES string of the molecule is Cc1cc(C)nc(SC2=C(Nc3cccc(C)c3C)C(=O)N(Cc3ccccc3)C2=O)n1. The Bertz CT molecular complexity index is 1220. The highest BCUT2D eigenvalue weighted by atomic mass is 32.2. The van der Waals surface area contributed by atoms with Crippen molar-refractivity contribution in [3.63, 3.8) is 0 Å². The fraction of sp³-hybridized carbons (Fsp3) is 0.200. The summed E-state index contributed by atoms with van der Waals surface area (Å²) >= 11 is 1.13. The molecular weight excluding hydrogens is 420 g/mol. The second-order valence-corrected chi connectivity index (χ2v) is 8.77. The molecule has 0 saturated carbocycles. The topological polar surface area (TPSA) is 75.2 Å². The van der Waals surface area contributed by atoms with Gasteiger partial charge in [0.15, 0.2) is 5.16 Å². The van der Waals surface area contributed by atoms with Crippen molar-refractivity contribution in [1.29, 1.82) is 0 Å². The van der Waals surface area contributed by atoms with Crippen molar-refractivity contribution < 1.29 is 9.59 Å². The van der Waals surface area contributed by atoms with Crippen LogP contribution >= 0.6 is 11.8 Å². The Kier molecular flexibility index (Phi) is 6.10.